The van der Waals surface area contributed by atoms with Crippen molar-refractivity contribution < 1.29 is 18.4 Å². The van der Waals surface area contributed by atoms with Gasteiger partial charge in [0, 0.05) is 18.3 Å². The van der Waals surface area contributed by atoms with E-state index in [4.69, 9.17) is 0 Å². The zero-order valence-corrected chi connectivity index (χ0v) is 13.6. The summed E-state index contributed by atoms with van der Waals surface area (Å²) in [6.45, 7) is 0.933. The van der Waals surface area contributed by atoms with Gasteiger partial charge in [-0.15, -0.1) is 0 Å². The van der Waals surface area contributed by atoms with Gasteiger partial charge < -0.3 is 9.74 Å². The van der Waals surface area contributed by atoms with Crippen LogP contribution < -0.4 is 10.4 Å². The minimum Gasteiger partial charge on any atom is -0.349 e. The van der Waals surface area contributed by atoms with Gasteiger partial charge in [0.25, 0.3) is 0 Å². The van der Waals surface area contributed by atoms with Gasteiger partial charge in [-0.2, -0.15) is 5.10 Å². The Morgan fingerprint density at radius 3 is 3.04 bits per heavy atom. The molecular formula is C17H15F2N5O2. The molecule has 1 saturated heterocycles. The molecule has 1 fully saturated rings. The molecule has 1 aromatic carbocycles. The van der Waals surface area contributed by atoms with Gasteiger partial charge in [0.2, 0.25) is 0 Å². The second-order valence-corrected chi connectivity index (χ2v) is 5.95. The number of carbonyl (C=O) groups is 1. The molecule has 0 unspecified atom stereocenters. The number of aromatic nitrogens is 3. The molecule has 134 valence electrons. The smallest absolute Gasteiger partial charge is 0.320 e. The molecule has 2 aromatic heterocycles. The van der Waals surface area contributed by atoms with E-state index < -0.39 is 11.6 Å². The van der Waals surface area contributed by atoms with Crippen LogP contribution in [0.25, 0.3) is 5.65 Å². The summed E-state index contributed by atoms with van der Waals surface area (Å²) < 4.78 is 29.4. The van der Waals surface area contributed by atoms with Crippen LogP contribution in [0, 0.1) is 11.6 Å². The SMILES string of the molecule is O=CONc1cnn2ccc(N3CCC[C@@H]3c3cc(F)ccc3F)nc12. The molecule has 1 aliphatic heterocycles. The summed E-state index contributed by atoms with van der Waals surface area (Å²) in [7, 11) is 0. The van der Waals surface area contributed by atoms with Crippen LogP contribution in [0.2, 0.25) is 0 Å². The number of nitrogens with one attached hydrogen (secondary N) is 1. The van der Waals surface area contributed by atoms with E-state index in [1.54, 1.807) is 12.3 Å². The van der Waals surface area contributed by atoms with Crippen LogP contribution in [0.1, 0.15) is 24.4 Å². The largest absolute Gasteiger partial charge is 0.349 e. The van der Waals surface area contributed by atoms with Gasteiger partial charge in [-0.25, -0.2) is 23.8 Å². The summed E-state index contributed by atoms with van der Waals surface area (Å²) in [6, 6.07) is 4.96. The molecule has 4 rings (SSSR count). The number of anilines is 2. The number of hydrogen-bond acceptors (Lipinski definition) is 6. The zero-order valence-electron chi connectivity index (χ0n) is 13.6. The van der Waals surface area contributed by atoms with Crippen LogP contribution in [-0.4, -0.2) is 27.6 Å². The highest BCUT2D eigenvalue weighted by atomic mass is 19.1. The van der Waals surface area contributed by atoms with E-state index in [-0.39, 0.29) is 12.5 Å². The van der Waals surface area contributed by atoms with Crippen molar-refractivity contribution in [3.8, 4) is 0 Å². The predicted octanol–water partition coefficient (Wildman–Crippen LogP) is 2.85. The lowest BCUT2D eigenvalue weighted by Crippen LogP contribution is -2.24. The van der Waals surface area contributed by atoms with E-state index >= 15 is 0 Å². The fourth-order valence-corrected chi connectivity index (χ4v) is 3.31. The van der Waals surface area contributed by atoms with Crippen LogP contribution in [-0.2, 0) is 9.63 Å². The van der Waals surface area contributed by atoms with Crippen molar-refractivity contribution >= 4 is 23.6 Å². The molecule has 0 amide bonds. The Morgan fingerprint density at radius 1 is 1.31 bits per heavy atom. The molecule has 3 heterocycles. The van der Waals surface area contributed by atoms with Crippen LogP contribution in [0.5, 0.6) is 0 Å². The van der Waals surface area contributed by atoms with E-state index in [0.29, 0.717) is 35.7 Å². The summed E-state index contributed by atoms with van der Waals surface area (Å²) in [6.07, 6.45) is 4.72. The Labute approximate surface area is 147 Å². The molecule has 0 radical (unpaired) electrons. The highest BCUT2D eigenvalue weighted by Gasteiger charge is 2.30. The second-order valence-electron chi connectivity index (χ2n) is 5.95. The second kappa shape index (κ2) is 6.58. The molecule has 9 heteroatoms. The third-order valence-electron chi connectivity index (χ3n) is 4.44. The summed E-state index contributed by atoms with van der Waals surface area (Å²) in [5, 5.41) is 4.11. The zero-order chi connectivity index (χ0) is 18.1. The van der Waals surface area contributed by atoms with Crippen molar-refractivity contribution in [1.29, 1.82) is 0 Å². The van der Waals surface area contributed by atoms with Gasteiger partial charge in [-0.1, -0.05) is 0 Å². The Bertz CT molecular complexity index is 961. The lowest BCUT2D eigenvalue weighted by Gasteiger charge is -2.26. The highest BCUT2D eigenvalue weighted by Crippen LogP contribution is 2.37. The van der Waals surface area contributed by atoms with E-state index in [2.05, 4.69) is 20.4 Å². The maximum Gasteiger partial charge on any atom is 0.320 e. The summed E-state index contributed by atoms with van der Waals surface area (Å²) in [4.78, 5) is 21.4. The maximum atomic E-state index is 14.2. The molecule has 0 saturated carbocycles. The van der Waals surface area contributed by atoms with Crippen molar-refractivity contribution in [3.05, 3.63) is 53.9 Å². The Balaban J connectivity index is 1.71. The standard InChI is InChI=1S/C17H15F2N5O2/c18-11-3-4-13(19)12(8-11)15-2-1-6-23(15)16-5-7-24-17(21-16)14(9-20-24)22-26-10-25/h3-5,7-10,15,22H,1-2,6H2/t15-/m1/s1. The molecule has 0 bridgehead atoms. The average molecular weight is 359 g/mol. The van der Waals surface area contributed by atoms with E-state index in [0.717, 1.165) is 18.6 Å². The van der Waals surface area contributed by atoms with Crippen molar-refractivity contribution in [2.24, 2.45) is 0 Å². The lowest BCUT2D eigenvalue weighted by atomic mass is 10.0. The molecule has 1 N–H and O–H groups in total. The quantitative estimate of drug-likeness (QED) is 0.558. The number of benzene rings is 1. The molecule has 0 aliphatic carbocycles. The van der Waals surface area contributed by atoms with Gasteiger partial charge in [0.05, 0.1) is 12.2 Å². The fourth-order valence-electron chi connectivity index (χ4n) is 3.31. The third-order valence-corrected chi connectivity index (χ3v) is 4.44. The first kappa shape index (κ1) is 16.2. The van der Waals surface area contributed by atoms with Crippen LogP contribution in [0.4, 0.5) is 20.3 Å². The van der Waals surface area contributed by atoms with Gasteiger partial charge >= 0.3 is 6.47 Å². The third kappa shape index (κ3) is 2.81. The lowest BCUT2D eigenvalue weighted by molar-refractivity contribution is -0.126. The number of halogens is 2. The molecule has 1 aliphatic rings. The minimum absolute atomic E-state index is 0.260. The first-order chi connectivity index (χ1) is 12.7. The first-order valence-electron chi connectivity index (χ1n) is 8.08. The highest BCUT2D eigenvalue weighted by molar-refractivity contribution is 5.68. The monoisotopic (exact) mass is 359 g/mol. The number of nitrogens with zero attached hydrogens (tertiary/aromatic N) is 4. The van der Waals surface area contributed by atoms with Crippen LogP contribution in [0.15, 0.2) is 36.7 Å². The topological polar surface area (TPSA) is 71.8 Å². The van der Waals surface area contributed by atoms with Crippen LogP contribution in [0.3, 0.4) is 0 Å². The summed E-state index contributed by atoms with van der Waals surface area (Å²) in [5.74, 6) is -0.293. The molecule has 3 aromatic rings. The molecular weight excluding hydrogens is 344 g/mol. The predicted molar refractivity (Wildman–Crippen MR) is 89.4 cm³/mol. The summed E-state index contributed by atoms with van der Waals surface area (Å²) >= 11 is 0. The number of hydrogen-bond donors (Lipinski definition) is 1. The van der Waals surface area contributed by atoms with E-state index in [1.807, 2.05) is 4.90 Å². The fraction of sp³-hybridized carbons (Fsp3) is 0.235. The van der Waals surface area contributed by atoms with E-state index in [9.17, 15) is 13.6 Å². The maximum absolute atomic E-state index is 14.2. The number of rotatable bonds is 5. The average Bonchev–Trinajstić information content (AvgIpc) is 3.28. The Morgan fingerprint density at radius 2 is 2.19 bits per heavy atom. The molecule has 1 atom stereocenters. The molecule has 26 heavy (non-hydrogen) atoms. The van der Waals surface area contributed by atoms with Crippen molar-refractivity contribution in [2.75, 3.05) is 16.9 Å². The van der Waals surface area contributed by atoms with Gasteiger partial charge in [-0.05, 0) is 37.1 Å². The molecule has 0 spiro atoms. The normalized spacial score (nSPS) is 16.8. The van der Waals surface area contributed by atoms with Crippen molar-refractivity contribution in [1.82, 2.24) is 14.6 Å². The Hall–Kier alpha value is -3.23. The summed E-state index contributed by atoms with van der Waals surface area (Å²) in [5.41, 5.74) is 3.65. The van der Waals surface area contributed by atoms with Gasteiger partial charge in [0.1, 0.15) is 23.1 Å². The van der Waals surface area contributed by atoms with Gasteiger partial charge in [0.15, 0.2) is 5.65 Å². The number of fused-ring (bicyclic) bond motifs is 1. The minimum atomic E-state index is -0.468. The van der Waals surface area contributed by atoms with E-state index in [1.165, 1.54) is 16.8 Å². The van der Waals surface area contributed by atoms with Crippen molar-refractivity contribution in [3.63, 3.8) is 0 Å². The Kier molecular flexibility index (Phi) is 4.11. The first-order valence-corrected chi connectivity index (χ1v) is 8.08. The molecule has 7 nitrogen and oxygen atoms in total. The number of carbonyl (C=O) groups excluding carboxylic acids is 1. The van der Waals surface area contributed by atoms with Gasteiger partial charge in [-0.3, -0.25) is 4.79 Å². The van der Waals surface area contributed by atoms with Crippen LogP contribution >= 0.6 is 0 Å². The van der Waals surface area contributed by atoms with Crippen molar-refractivity contribution in [2.45, 2.75) is 18.9 Å².